The normalized spacial score (nSPS) is 25.1. The van der Waals surface area contributed by atoms with E-state index in [2.05, 4.69) is 21.2 Å². The zero-order valence-corrected chi connectivity index (χ0v) is 13.4. The summed E-state index contributed by atoms with van der Waals surface area (Å²) in [4.78, 5) is 23.3. The van der Waals surface area contributed by atoms with Gasteiger partial charge in [0.15, 0.2) is 0 Å². The van der Waals surface area contributed by atoms with E-state index in [1.54, 1.807) is 13.0 Å². The summed E-state index contributed by atoms with van der Waals surface area (Å²) in [5, 5.41) is 12.1. The second-order valence-electron chi connectivity index (χ2n) is 5.56. The number of rotatable bonds is 4. The van der Waals surface area contributed by atoms with E-state index in [9.17, 15) is 14.7 Å². The number of hydrogen-bond acceptors (Lipinski definition) is 2. The smallest absolute Gasteiger partial charge is 0.311 e. The van der Waals surface area contributed by atoms with Crippen LogP contribution in [-0.4, -0.2) is 23.0 Å². The summed E-state index contributed by atoms with van der Waals surface area (Å²) in [6.07, 6.45) is 5.29. The van der Waals surface area contributed by atoms with Gasteiger partial charge >= 0.3 is 5.97 Å². The quantitative estimate of drug-likeness (QED) is 0.818. The van der Waals surface area contributed by atoms with Gasteiger partial charge in [0.2, 0.25) is 5.91 Å². The topological polar surface area (TPSA) is 66.4 Å². The van der Waals surface area contributed by atoms with Crippen molar-refractivity contribution in [3.05, 3.63) is 40.4 Å². The van der Waals surface area contributed by atoms with Crippen molar-refractivity contribution in [3.63, 3.8) is 0 Å². The molecule has 0 radical (unpaired) electrons. The van der Waals surface area contributed by atoms with Gasteiger partial charge in [0.25, 0.3) is 0 Å². The number of halogens is 1. The molecule has 1 aromatic rings. The number of hydrogen-bond donors (Lipinski definition) is 2. The predicted octanol–water partition coefficient (Wildman–Crippen LogP) is 3.22. The third kappa shape index (κ3) is 3.73. The Morgan fingerprint density at radius 1 is 1.48 bits per heavy atom. The molecule has 4 nitrogen and oxygen atoms in total. The van der Waals surface area contributed by atoms with E-state index in [0.717, 1.165) is 16.5 Å². The molecule has 2 unspecified atom stereocenters. The molecule has 0 aliphatic heterocycles. The van der Waals surface area contributed by atoms with Crippen molar-refractivity contribution in [2.45, 2.75) is 32.2 Å². The van der Waals surface area contributed by atoms with Crippen LogP contribution in [0.1, 0.15) is 31.7 Å². The van der Waals surface area contributed by atoms with Gasteiger partial charge in [-0.2, -0.15) is 0 Å². The SMILES string of the molecule is CC1(C(=O)O)CCCC1NC(=O)/C=C/c1cccc(Br)c1. The Morgan fingerprint density at radius 2 is 2.24 bits per heavy atom. The van der Waals surface area contributed by atoms with Crippen LogP contribution in [0.3, 0.4) is 0 Å². The molecule has 1 amide bonds. The van der Waals surface area contributed by atoms with Gasteiger partial charge in [-0.05, 0) is 43.5 Å². The fourth-order valence-corrected chi connectivity index (χ4v) is 3.07. The minimum Gasteiger partial charge on any atom is -0.481 e. The molecule has 0 heterocycles. The fraction of sp³-hybridized carbons (Fsp3) is 0.375. The van der Waals surface area contributed by atoms with E-state index < -0.39 is 11.4 Å². The molecule has 1 aliphatic rings. The van der Waals surface area contributed by atoms with Gasteiger partial charge < -0.3 is 10.4 Å². The summed E-state index contributed by atoms with van der Waals surface area (Å²) < 4.78 is 0.944. The molecule has 0 aromatic heterocycles. The zero-order chi connectivity index (χ0) is 15.5. The Hall–Kier alpha value is -1.62. The van der Waals surface area contributed by atoms with Crippen LogP contribution < -0.4 is 5.32 Å². The number of amides is 1. The lowest BCUT2D eigenvalue weighted by molar-refractivity contribution is -0.148. The van der Waals surface area contributed by atoms with Gasteiger partial charge in [-0.3, -0.25) is 9.59 Å². The zero-order valence-electron chi connectivity index (χ0n) is 11.8. The average molecular weight is 352 g/mol. The van der Waals surface area contributed by atoms with Gasteiger partial charge in [-0.25, -0.2) is 0 Å². The second kappa shape index (κ2) is 6.43. The van der Waals surface area contributed by atoms with Crippen LogP contribution in [-0.2, 0) is 9.59 Å². The predicted molar refractivity (Wildman–Crippen MR) is 84.7 cm³/mol. The van der Waals surface area contributed by atoms with E-state index in [0.29, 0.717) is 12.8 Å². The highest BCUT2D eigenvalue weighted by atomic mass is 79.9. The highest BCUT2D eigenvalue weighted by molar-refractivity contribution is 9.10. The monoisotopic (exact) mass is 351 g/mol. The first kappa shape index (κ1) is 15.8. The minimum atomic E-state index is -0.862. The molecule has 0 bridgehead atoms. The maximum atomic E-state index is 12.0. The molecular formula is C16H18BrNO3. The van der Waals surface area contributed by atoms with Crippen LogP contribution in [0, 0.1) is 5.41 Å². The molecule has 1 aromatic carbocycles. The summed E-state index contributed by atoms with van der Waals surface area (Å²) in [5.74, 6) is -1.10. The first-order valence-corrected chi connectivity index (χ1v) is 7.69. The summed E-state index contributed by atoms with van der Waals surface area (Å²) in [5.41, 5.74) is 0.0474. The third-order valence-corrected chi connectivity index (χ3v) is 4.53. The summed E-state index contributed by atoms with van der Waals surface area (Å²) in [7, 11) is 0. The Kier molecular flexibility index (Phi) is 4.83. The van der Waals surface area contributed by atoms with Gasteiger partial charge in [-0.15, -0.1) is 0 Å². The van der Waals surface area contributed by atoms with Gasteiger partial charge in [0.1, 0.15) is 0 Å². The van der Waals surface area contributed by atoms with E-state index in [1.807, 2.05) is 24.3 Å². The fourth-order valence-electron chi connectivity index (χ4n) is 2.66. The first-order chi connectivity index (χ1) is 9.91. The average Bonchev–Trinajstić information content (AvgIpc) is 2.79. The molecule has 2 N–H and O–H groups in total. The van der Waals surface area contributed by atoms with E-state index in [-0.39, 0.29) is 11.9 Å². The number of carboxylic acids is 1. The van der Waals surface area contributed by atoms with Crippen molar-refractivity contribution in [3.8, 4) is 0 Å². The molecule has 112 valence electrons. The van der Waals surface area contributed by atoms with Crippen molar-refractivity contribution >= 4 is 33.9 Å². The standard InChI is InChI=1S/C16H18BrNO3/c1-16(15(20)21)9-3-6-13(16)18-14(19)8-7-11-4-2-5-12(17)10-11/h2,4-5,7-8,10,13H,3,6,9H2,1H3,(H,18,19)(H,20,21)/b8-7+. The van der Waals surface area contributed by atoms with Gasteiger partial charge in [-0.1, -0.05) is 34.5 Å². The minimum absolute atomic E-state index is 0.255. The van der Waals surface area contributed by atoms with Crippen molar-refractivity contribution in [1.82, 2.24) is 5.32 Å². The highest BCUT2D eigenvalue weighted by Crippen LogP contribution is 2.38. The summed E-state index contributed by atoms with van der Waals surface area (Å²) >= 11 is 3.37. The van der Waals surface area contributed by atoms with Crippen LogP contribution in [0.5, 0.6) is 0 Å². The number of carboxylic acid groups (broad SMARTS) is 1. The van der Waals surface area contributed by atoms with Crippen molar-refractivity contribution in [1.29, 1.82) is 0 Å². The lowest BCUT2D eigenvalue weighted by atomic mass is 9.85. The van der Waals surface area contributed by atoms with E-state index >= 15 is 0 Å². The Bertz CT molecular complexity index is 585. The molecule has 0 spiro atoms. The van der Waals surface area contributed by atoms with Crippen molar-refractivity contribution < 1.29 is 14.7 Å². The Balaban J connectivity index is 2.00. The van der Waals surface area contributed by atoms with Crippen LogP contribution in [0.4, 0.5) is 0 Å². The lowest BCUT2D eigenvalue weighted by Crippen LogP contribution is -2.46. The number of aliphatic carboxylic acids is 1. The molecule has 1 fully saturated rings. The number of nitrogens with one attached hydrogen (secondary N) is 1. The van der Waals surface area contributed by atoms with E-state index in [1.165, 1.54) is 6.08 Å². The summed E-state index contributed by atoms with van der Waals surface area (Å²) in [6.45, 7) is 1.70. The van der Waals surface area contributed by atoms with Gasteiger partial charge in [0.05, 0.1) is 5.41 Å². The first-order valence-electron chi connectivity index (χ1n) is 6.89. The maximum absolute atomic E-state index is 12.0. The molecule has 2 atom stereocenters. The number of carbonyl (C=O) groups is 2. The highest BCUT2D eigenvalue weighted by Gasteiger charge is 2.45. The molecular weight excluding hydrogens is 334 g/mol. The van der Waals surface area contributed by atoms with Crippen molar-refractivity contribution in [2.75, 3.05) is 0 Å². The second-order valence-corrected chi connectivity index (χ2v) is 6.48. The molecule has 2 rings (SSSR count). The van der Waals surface area contributed by atoms with Crippen LogP contribution in [0.25, 0.3) is 6.08 Å². The van der Waals surface area contributed by atoms with Crippen LogP contribution in [0.15, 0.2) is 34.8 Å². The summed E-state index contributed by atoms with van der Waals surface area (Å²) in [6, 6.07) is 7.29. The molecule has 1 aliphatic carbocycles. The lowest BCUT2D eigenvalue weighted by Gasteiger charge is -2.27. The largest absolute Gasteiger partial charge is 0.481 e. The van der Waals surface area contributed by atoms with E-state index in [4.69, 9.17) is 0 Å². The molecule has 1 saturated carbocycles. The van der Waals surface area contributed by atoms with Crippen LogP contribution in [0.2, 0.25) is 0 Å². The number of benzene rings is 1. The van der Waals surface area contributed by atoms with Crippen LogP contribution >= 0.6 is 15.9 Å². The van der Waals surface area contributed by atoms with Gasteiger partial charge in [0, 0.05) is 16.6 Å². The van der Waals surface area contributed by atoms with Crippen molar-refractivity contribution in [2.24, 2.45) is 5.41 Å². The molecule has 21 heavy (non-hydrogen) atoms. The molecule has 5 heteroatoms. The molecule has 0 saturated heterocycles. The maximum Gasteiger partial charge on any atom is 0.311 e. The Morgan fingerprint density at radius 3 is 2.90 bits per heavy atom. The Labute approximate surface area is 132 Å². The number of carbonyl (C=O) groups excluding carboxylic acids is 1. The third-order valence-electron chi connectivity index (χ3n) is 4.04.